The third-order valence-corrected chi connectivity index (χ3v) is 4.14. The van der Waals surface area contributed by atoms with Crippen LogP contribution < -0.4 is 5.32 Å². The molecule has 5 heteroatoms. The van der Waals surface area contributed by atoms with E-state index in [-0.39, 0.29) is 11.8 Å². The van der Waals surface area contributed by atoms with E-state index in [1.54, 1.807) is 0 Å². The van der Waals surface area contributed by atoms with E-state index in [0.717, 1.165) is 36.7 Å². The maximum Gasteiger partial charge on any atom is 0.326 e. The maximum atomic E-state index is 12.6. The van der Waals surface area contributed by atoms with Crippen LogP contribution >= 0.6 is 0 Å². The number of aryl methyl sites for hydroxylation is 1. The third-order valence-electron chi connectivity index (χ3n) is 4.14. The molecule has 116 valence electrons. The van der Waals surface area contributed by atoms with Crippen molar-refractivity contribution in [2.45, 2.75) is 38.8 Å². The SMILES string of the molecule is CCCn1c(C(=O)NC(C(=O)O)C2CC2)cc2ccccc21. The van der Waals surface area contributed by atoms with Gasteiger partial charge in [0.1, 0.15) is 11.7 Å². The second-order valence-electron chi connectivity index (χ2n) is 5.87. The van der Waals surface area contributed by atoms with Crippen LogP contribution in [-0.4, -0.2) is 27.6 Å². The number of nitrogens with one attached hydrogen (secondary N) is 1. The molecule has 3 rings (SSSR count). The molecule has 1 aromatic carbocycles. The van der Waals surface area contributed by atoms with E-state index in [9.17, 15) is 14.7 Å². The minimum Gasteiger partial charge on any atom is -0.480 e. The number of hydrogen-bond acceptors (Lipinski definition) is 2. The van der Waals surface area contributed by atoms with Gasteiger partial charge in [-0.2, -0.15) is 0 Å². The molecule has 1 heterocycles. The Morgan fingerprint density at radius 3 is 2.73 bits per heavy atom. The lowest BCUT2D eigenvalue weighted by atomic mass is 10.2. The number of amides is 1. The average Bonchev–Trinajstić information content (AvgIpc) is 3.27. The van der Waals surface area contributed by atoms with Crippen molar-refractivity contribution in [2.24, 2.45) is 5.92 Å². The molecule has 0 saturated heterocycles. The third kappa shape index (κ3) is 2.71. The highest BCUT2D eigenvalue weighted by atomic mass is 16.4. The van der Waals surface area contributed by atoms with Crippen LogP contribution in [0.1, 0.15) is 36.7 Å². The molecular formula is C17H20N2O3. The molecule has 5 nitrogen and oxygen atoms in total. The van der Waals surface area contributed by atoms with Gasteiger partial charge in [0.05, 0.1) is 0 Å². The molecule has 0 bridgehead atoms. The number of para-hydroxylation sites is 1. The minimum absolute atomic E-state index is 0.0745. The lowest BCUT2D eigenvalue weighted by molar-refractivity contribution is -0.139. The zero-order valence-corrected chi connectivity index (χ0v) is 12.6. The number of hydrogen-bond donors (Lipinski definition) is 2. The van der Waals surface area contributed by atoms with E-state index in [1.165, 1.54) is 0 Å². The van der Waals surface area contributed by atoms with E-state index in [4.69, 9.17) is 0 Å². The molecule has 1 aliphatic rings. The van der Waals surface area contributed by atoms with Gasteiger partial charge >= 0.3 is 5.97 Å². The van der Waals surface area contributed by atoms with Crippen molar-refractivity contribution in [1.82, 2.24) is 9.88 Å². The maximum absolute atomic E-state index is 12.6. The van der Waals surface area contributed by atoms with Crippen LogP contribution in [0.2, 0.25) is 0 Å². The molecule has 22 heavy (non-hydrogen) atoms. The van der Waals surface area contributed by atoms with Gasteiger partial charge in [0.15, 0.2) is 0 Å². The normalized spacial score (nSPS) is 15.7. The van der Waals surface area contributed by atoms with Crippen LogP contribution in [0, 0.1) is 5.92 Å². The Bertz CT molecular complexity index is 716. The van der Waals surface area contributed by atoms with E-state index in [0.29, 0.717) is 5.69 Å². The molecule has 2 N–H and O–H groups in total. The largest absolute Gasteiger partial charge is 0.480 e. The van der Waals surface area contributed by atoms with Crippen molar-refractivity contribution in [2.75, 3.05) is 0 Å². The molecular weight excluding hydrogens is 280 g/mol. The van der Waals surface area contributed by atoms with E-state index in [2.05, 4.69) is 12.2 Å². The predicted octanol–water partition coefficient (Wildman–Crippen LogP) is 2.64. The van der Waals surface area contributed by atoms with Crippen molar-refractivity contribution in [3.8, 4) is 0 Å². The summed E-state index contributed by atoms with van der Waals surface area (Å²) in [5, 5.41) is 13.0. The molecule has 0 radical (unpaired) electrons. The molecule has 0 spiro atoms. The van der Waals surface area contributed by atoms with Gasteiger partial charge in [0, 0.05) is 17.4 Å². The fraction of sp³-hybridized carbons (Fsp3) is 0.412. The van der Waals surface area contributed by atoms with Crippen molar-refractivity contribution in [1.29, 1.82) is 0 Å². The Labute approximate surface area is 128 Å². The first-order chi connectivity index (χ1) is 10.6. The number of carbonyl (C=O) groups is 2. The monoisotopic (exact) mass is 300 g/mol. The molecule has 1 aliphatic carbocycles. The van der Waals surface area contributed by atoms with Crippen molar-refractivity contribution in [3.05, 3.63) is 36.0 Å². The summed E-state index contributed by atoms with van der Waals surface area (Å²) in [6, 6.07) is 8.89. The van der Waals surface area contributed by atoms with Gasteiger partial charge < -0.3 is 15.0 Å². The van der Waals surface area contributed by atoms with Crippen molar-refractivity contribution < 1.29 is 14.7 Å². The quantitative estimate of drug-likeness (QED) is 0.861. The highest BCUT2D eigenvalue weighted by Gasteiger charge is 2.37. The summed E-state index contributed by atoms with van der Waals surface area (Å²) in [7, 11) is 0. The van der Waals surface area contributed by atoms with Crippen LogP contribution in [0.4, 0.5) is 0 Å². The second kappa shape index (κ2) is 5.83. The topological polar surface area (TPSA) is 71.3 Å². The Kier molecular flexibility index (Phi) is 3.88. The lowest BCUT2D eigenvalue weighted by Gasteiger charge is -2.15. The number of carbonyl (C=O) groups excluding carboxylic acids is 1. The van der Waals surface area contributed by atoms with Crippen molar-refractivity contribution in [3.63, 3.8) is 0 Å². The summed E-state index contributed by atoms with van der Waals surface area (Å²) < 4.78 is 1.97. The number of benzene rings is 1. The highest BCUT2D eigenvalue weighted by Crippen LogP contribution is 2.33. The molecule has 1 unspecified atom stereocenters. The first kappa shape index (κ1) is 14.6. The summed E-state index contributed by atoms with van der Waals surface area (Å²) in [5.41, 5.74) is 1.54. The van der Waals surface area contributed by atoms with Gasteiger partial charge in [-0.1, -0.05) is 25.1 Å². The molecule has 0 aliphatic heterocycles. The number of carboxylic acids is 1. The van der Waals surface area contributed by atoms with Crippen LogP contribution in [-0.2, 0) is 11.3 Å². The zero-order valence-electron chi connectivity index (χ0n) is 12.6. The molecule has 1 amide bonds. The Hall–Kier alpha value is -2.30. The number of aliphatic carboxylic acids is 1. The first-order valence-electron chi connectivity index (χ1n) is 7.73. The zero-order chi connectivity index (χ0) is 15.7. The molecule has 1 fully saturated rings. The molecule has 1 atom stereocenters. The van der Waals surface area contributed by atoms with Crippen LogP contribution in [0.3, 0.4) is 0 Å². The smallest absolute Gasteiger partial charge is 0.326 e. The molecule has 1 aromatic heterocycles. The summed E-state index contributed by atoms with van der Waals surface area (Å²) in [6.45, 7) is 2.79. The van der Waals surface area contributed by atoms with E-state index >= 15 is 0 Å². The average molecular weight is 300 g/mol. The Morgan fingerprint density at radius 2 is 2.09 bits per heavy atom. The summed E-state index contributed by atoms with van der Waals surface area (Å²) in [4.78, 5) is 23.9. The van der Waals surface area contributed by atoms with Gasteiger partial charge in [-0.3, -0.25) is 4.79 Å². The molecule has 2 aromatic rings. The van der Waals surface area contributed by atoms with Crippen LogP contribution in [0.5, 0.6) is 0 Å². The lowest BCUT2D eigenvalue weighted by Crippen LogP contribution is -2.43. The summed E-state index contributed by atoms with van der Waals surface area (Å²) >= 11 is 0. The van der Waals surface area contributed by atoms with Gasteiger partial charge in [0.2, 0.25) is 0 Å². The van der Waals surface area contributed by atoms with Gasteiger partial charge in [-0.25, -0.2) is 4.79 Å². The Morgan fingerprint density at radius 1 is 1.36 bits per heavy atom. The van der Waals surface area contributed by atoms with E-state index in [1.807, 2.05) is 34.9 Å². The second-order valence-corrected chi connectivity index (χ2v) is 5.87. The highest BCUT2D eigenvalue weighted by molar-refractivity contribution is 6.00. The van der Waals surface area contributed by atoms with E-state index < -0.39 is 12.0 Å². The number of nitrogens with zero attached hydrogens (tertiary/aromatic N) is 1. The first-order valence-corrected chi connectivity index (χ1v) is 7.73. The van der Waals surface area contributed by atoms with Crippen molar-refractivity contribution >= 4 is 22.8 Å². The fourth-order valence-electron chi connectivity index (χ4n) is 2.89. The Balaban J connectivity index is 1.92. The predicted molar refractivity (Wildman–Crippen MR) is 83.8 cm³/mol. The summed E-state index contributed by atoms with van der Waals surface area (Å²) in [6.07, 6.45) is 2.65. The summed E-state index contributed by atoms with van der Waals surface area (Å²) in [5.74, 6) is -1.18. The standard InChI is InChI=1S/C17H20N2O3/c1-2-9-19-13-6-4-3-5-12(13)10-14(19)16(20)18-15(17(21)22)11-7-8-11/h3-6,10-11,15H,2,7-9H2,1H3,(H,18,20)(H,21,22). The van der Waals surface area contributed by atoms with Gasteiger partial charge in [-0.05, 0) is 37.3 Å². The van der Waals surface area contributed by atoms with Crippen LogP contribution in [0.25, 0.3) is 10.9 Å². The fourth-order valence-corrected chi connectivity index (χ4v) is 2.89. The van der Waals surface area contributed by atoms with Gasteiger partial charge in [-0.15, -0.1) is 0 Å². The number of fused-ring (bicyclic) bond motifs is 1. The number of rotatable bonds is 6. The van der Waals surface area contributed by atoms with Crippen LogP contribution in [0.15, 0.2) is 30.3 Å². The number of carboxylic acid groups (broad SMARTS) is 1. The number of aromatic nitrogens is 1. The molecule has 1 saturated carbocycles. The van der Waals surface area contributed by atoms with Gasteiger partial charge in [0.25, 0.3) is 5.91 Å². The minimum atomic E-state index is -0.950.